The average Bonchev–Trinajstić information content (AvgIpc) is 3.61. The van der Waals surface area contributed by atoms with Crippen molar-refractivity contribution in [2.24, 2.45) is 4.36 Å². The molecule has 1 atom stereocenters. The van der Waals surface area contributed by atoms with Crippen LogP contribution in [0.4, 0.5) is 39.5 Å². The topological polar surface area (TPSA) is 91.9 Å². The summed E-state index contributed by atoms with van der Waals surface area (Å²) in [5.41, 5.74) is 0. The van der Waals surface area contributed by atoms with E-state index in [0.29, 0.717) is 54.8 Å². The van der Waals surface area contributed by atoms with Crippen molar-refractivity contribution in [2.75, 3.05) is 18.8 Å². The van der Waals surface area contributed by atoms with E-state index in [9.17, 15) is 43.7 Å². The van der Waals surface area contributed by atoms with Crippen molar-refractivity contribution < 1.29 is 73.3 Å². The van der Waals surface area contributed by atoms with Crippen molar-refractivity contribution in [3.8, 4) is 6.19 Å². The molecule has 0 saturated carbocycles. The molecule has 0 saturated heterocycles. The molecule has 0 amide bonds. The number of halogens is 10. The Morgan fingerprint density at radius 2 is 1.24 bits per heavy atom. The van der Waals surface area contributed by atoms with E-state index in [4.69, 9.17) is 5.26 Å². The second-order valence-electron chi connectivity index (χ2n) is 6.75. The predicted octanol–water partition coefficient (Wildman–Crippen LogP) is 5.49. The van der Waals surface area contributed by atoms with Crippen molar-refractivity contribution in [3.63, 3.8) is 0 Å². The van der Waals surface area contributed by atoms with Crippen molar-refractivity contribution in [3.05, 3.63) is 48.2 Å². The molecular formula is C19H18BrF9N5NaOS6. The van der Waals surface area contributed by atoms with Crippen LogP contribution in [0.3, 0.4) is 0 Å². The molecule has 3 aromatic heterocycles. The molecule has 0 fully saturated rings. The number of thiazole rings is 3. The van der Waals surface area contributed by atoms with Gasteiger partial charge < -0.3 is 12.6 Å². The van der Waals surface area contributed by atoms with E-state index >= 15 is 0 Å². The predicted molar refractivity (Wildman–Crippen MR) is 150 cm³/mol. The van der Waals surface area contributed by atoms with Gasteiger partial charge >= 0.3 is 48.1 Å². The van der Waals surface area contributed by atoms with Crippen LogP contribution in [0.5, 0.6) is 0 Å². The number of alkyl halides is 10. The fraction of sp³-hybridized carbons (Fsp3) is 0.474. The van der Waals surface area contributed by atoms with E-state index in [1.807, 2.05) is 6.26 Å². The molecule has 0 aromatic carbocycles. The Balaban J connectivity index is 0. The molecule has 0 radical (unpaired) electrons. The number of nitriles is 1. The number of hydrogen-bond acceptors (Lipinski definition) is 11. The number of aromatic nitrogens is 3. The maximum atomic E-state index is 12.2. The smallest absolute Gasteiger partial charge is 0.796 e. The summed E-state index contributed by atoms with van der Waals surface area (Å²) < 4.78 is 123. The maximum absolute atomic E-state index is 12.2. The van der Waals surface area contributed by atoms with E-state index in [1.54, 1.807) is 6.26 Å². The Kier molecular flexibility index (Phi) is 21.1. The van der Waals surface area contributed by atoms with Gasteiger partial charge in [0.25, 0.3) is 0 Å². The van der Waals surface area contributed by atoms with Gasteiger partial charge in [-0.05, 0) is 6.26 Å². The summed E-state index contributed by atoms with van der Waals surface area (Å²) in [6.07, 6.45) is -3.57. The fourth-order valence-corrected chi connectivity index (χ4v) is 6.98. The zero-order valence-electron chi connectivity index (χ0n) is 21.7. The number of hydrogen-bond donors (Lipinski definition) is 0. The molecule has 0 bridgehead atoms. The third-order valence-electron chi connectivity index (χ3n) is 3.45. The second-order valence-corrected chi connectivity index (χ2v) is 13.9. The molecule has 0 aliphatic heterocycles. The summed E-state index contributed by atoms with van der Waals surface area (Å²) in [4.78, 5) is 11.1. The standard InChI is InChI=1S/C7H6F3N3OS2.C6H6F3NS2.C5H3BrF3NS.CH4S.Na/c1-16(14,13-4-11)3-5-2-12-6(15-5)7(8,9)10;1-11-3-4-2-10-5(12-4)6(7,8)9;6-1-3-2-10-4(11-3)5(7,8)9;1-2;/h2H,3H2,1H3;2H,3H2,1H3;2H,1H2;2H,1H3;/q;;;;+1/p-1. The minimum atomic E-state index is -4.50. The first-order chi connectivity index (χ1) is 18.8. The summed E-state index contributed by atoms with van der Waals surface area (Å²) in [6.45, 7) is 0. The third-order valence-corrected chi connectivity index (χ3v) is 9.83. The van der Waals surface area contributed by atoms with Gasteiger partial charge in [-0.1, -0.05) is 15.9 Å². The molecule has 3 rings (SSSR count). The Hall–Kier alpha value is -0.120. The zero-order chi connectivity index (χ0) is 32.1. The first kappa shape index (κ1) is 44.0. The molecule has 1 unspecified atom stereocenters. The van der Waals surface area contributed by atoms with Crippen molar-refractivity contribution in [1.29, 1.82) is 5.26 Å². The summed E-state index contributed by atoms with van der Waals surface area (Å²) >= 11 is 10.4. The van der Waals surface area contributed by atoms with Crippen LogP contribution in [-0.2, 0) is 57.7 Å². The number of thioether (sulfide) groups is 1. The van der Waals surface area contributed by atoms with E-state index in [0.717, 1.165) is 6.20 Å². The molecule has 0 spiro atoms. The van der Waals surface area contributed by atoms with Crippen LogP contribution in [0.25, 0.3) is 0 Å². The molecule has 0 aliphatic rings. The van der Waals surface area contributed by atoms with Crippen molar-refractivity contribution in [2.45, 2.75) is 35.4 Å². The summed E-state index contributed by atoms with van der Waals surface area (Å²) in [6, 6.07) is 0. The summed E-state index contributed by atoms with van der Waals surface area (Å²) in [5, 5.41) is 6.11. The van der Waals surface area contributed by atoms with Crippen LogP contribution in [0.2, 0.25) is 0 Å². The van der Waals surface area contributed by atoms with E-state index in [1.165, 1.54) is 36.6 Å². The molecule has 3 aromatic rings. The monoisotopic (exact) mass is 797 g/mol. The van der Waals surface area contributed by atoms with Crippen LogP contribution in [-0.4, -0.2) is 37.9 Å². The van der Waals surface area contributed by atoms with Crippen LogP contribution in [0.1, 0.15) is 29.7 Å². The van der Waals surface area contributed by atoms with Gasteiger partial charge in [0.15, 0.2) is 15.0 Å². The van der Waals surface area contributed by atoms with Crippen LogP contribution < -0.4 is 29.6 Å². The molecule has 42 heavy (non-hydrogen) atoms. The molecule has 0 aliphatic carbocycles. The average molecular weight is 799 g/mol. The number of rotatable bonds is 5. The Morgan fingerprint density at radius 1 is 0.881 bits per heavy atom. The van der Waals surface area contributed by atoms with Gasteiger partial charge in [-0.3, -0.25) is 0 Å². The molecule has 232 valence electrons. The Labute approximate surface area is 288 Å². The largest absolute Gasteiger partial charge is 1.00 e. The van der Waals surface area contributed by atoms with Gasteiger partial charge in [0, 0.05) is 50.6 Å². The minimum Gasteiger partial charge on any atom is -0.796 e. The maximum Gasteiger partial charge on any atom is 1.00 e. The van der Waals surface area contributed by atoms with Gasteiger partial charge in [-0.2, -0.15) is 62.8 Å². The normalized spacial score (nSPS) is 12.5. The molecule has 0 N–H and O–H groups in total. The first-order valence-corrected chi connectivity index (χ1v) is 17.8. The van der Waals surface area contributed by atoms with Gasteiger partial charge in [0.05, 0.1) is 15.5 Å². The third kappa shape index (κ3) is 17.4. The van der Waals surface area contributed by atoms with E-state index in [2.05, 4.69) is 47.9 Å². The van der Waals surface area contributed by atoms with Gasteiger partial charge in [0.1, 0.15) is 0 Å². The molecular weight excluding hydrogens is 781 g/mol. The van der Waals surface area contributed by atoms with Crippen molar-refractivity contribution in [1.82, 2.24) is 15.0 Å². The summed E-state index contributed by atoms with van der Waals surface area (Å²) in [7, 11) is -2.80. The van der Waals surface area contributed by atoms with Gasteiger partial charge in [-0.15, -0.1) is 38.4 Å². The quantitative estimate of drug-likeness (QED) is 0.111. The number of nitrogens with zero attached hydrogens (tertiary/aromatic N) is 5. The van der Waals surface area contributed by atoms with Gasteiger partial charge in [-0.25, -0.2) is 19.2 Å². The fourth-order valence-electron chi connectivity index (χ4n) is 2.04. The Morgan fingerprint density at radius 3 is 1.55 bits per heavy atom. The van der Waals surface area contributed by atoms with Gasteiger partial charge in [0.2, 0.25) is 6.19 Å². The molecule has 6 nitrogen and oxygen atoms in total. The second kappa shape index (κ2) is 20.1. The van der Waals surface area contributed by atoms with Crippen LogP contribution in [0, 0.1) is 11.5 Å². The molecule has 23 heteroatoms. The Bertz CT molecular complexity index is 1360. The zero-order valence-corrected chi connectivity index (χ0v) is 30.2. The minimum absolute atomic E-state index is 0. The summed E-state index contributed by atoms with van der Waals surface area (Å²) in [5.74, 6) is 0.391. The SMILES string of the molecule is CS(=O)(Cc1cnc(C(F)(F)F)s1)=NC#N.CSCc1cnc(C(F)(F)F)s1.C[S-].FC(F)(F)c1ncc(CBr)s1.[Na+]. The van der Waals surface area contributed by atoms with E-state index in [-0.39, 0.29) is 40.2 Å². The first-order valence-electron chi connectivity index (χ1n) is 9.91. The van der Waals surface area contributed by atoms with Crippen LogP contribution in [0.15, 0.2) is 23.0 Å². The van der Waals surface area contributed by atoms with Crippen molar-refractivity contribution >= 4 is 84.1 Å². The van der Waals surface area contributed by atoms with E-state index < -0.39 is 43.3 Å². The molecule has 3 heterocycles. The van der Waals surface area contributed by atoms with Crippen LogP contribution >= 0.6 is 61.7 Å².